The van der Waals surface area contributed by atoms with Crippen molar-refractivity contribution in [1.29, 1.82) is 0 Å². The second-order valence-electron chi connectivity index (χ2n) is 8.20. The largest absolute Gasteiger partial charge is 0.385 e. The Bertz CT molecular complexity index is 793. The fourth-order valence-electron chi connectivity index (χ4n) is 4.57. The van der Waals surface area contributed by atoms with Crippen LogP contribution in [0.25, 0.3) is 0 Å². The lowest BCUT2D eigenvalue weighted by atomic mass is 9.71. The van der Waals surface area contributed by atoms with Gasteiger partial charge in [0.25, 0.3) is 0 Å². The fourth-order valence-corrected chi connectivity index (χ4v) is 4.57. The quantitative estimate of drug-likeness (QED) is 0.898. The van der Waals surface area contributed by atoms with E-state index in [0.717, 1.165) is 24.8 Å². The third kappa shape index (κ3) is 3.05. The Hall–Kier alpha value is -2.13. The molecule has 0 bridgehead atoms. The minimum Gasteiger partial charge on any atom is -0.385 e. The maximum absolute atomic E-state index is 13.3. The number of likely N-dealkylation sites (tertiary alicyclic amines) is 1. The lowest BCUT2D eigenvalue weighted by Gasteiger charge is -2.43. The van der Waals surface area contributed by atoms with Gasteiger partial charge in [0, 0.05) is 13.1 Å². The van der Waals surface area contributed by atoms with Gasteiger partial charge in [-0.25, -0.2) is 0 Å². The molecule has 1 heterocycles. The van der Waals surface area contributed by atoms with Crippen molar-refractivity contribution < 1.29 is 9.90 Å². The smallest absolute Gasteiger partial charge is 0.228 e. The van der Waals surface area contributed by atoms with Crippen molar-refractivity contribution in [3.05, 3.63) is 71.3 Å². The van der Waals surface area contributed by atoms with Gasteiger partial charge >= 0.3 is 0 Å². The predicted molar refractivity (Wildman–Crippen MR) is 103 cm³/mol. The number of rotatable bonds is 2. The molecule has 1 aliphatic heterocycles. The van der Waals surface area contributed by atoms with E-state index in [9.17, 15) is 9.90 Å². The summed E-state index contributed by atoms with van der Waals surface area (Å²) in [4.78, 5) is 15.3. The molecule has 3 nitrogen and oxygen atoms in total. The second-order valence-corrected chi connectivity index (χ2v) is 8.20. The highest BCUT2D eigenvalue weighted by molar-refractivity contribution is 5.83. The van der Waals surface area contributed by atoms with Crippen molar-refractivity contribution in [1.82, 2.24) is 4.90 Å². The summed E-state index contributed by atoms with van der Waals surface area (Å²) in [7, 11) is 0. The average Bonchev–Trinajstić information content (AvgIpc) is 2.69. The molecule has 0 radical (unpaired) electrons. The number of hydrogen-bond donors (Lipinski definition) is 1. The molecule has 1 fully saturated rings. The van der Waals surface area contributed by atoms with E-state index in [0.29, 0.717) is 25.9 Å². The standard InChI is InChI=1S/C23H27NO2/c1-22(12-11-18-7-5-6-8-19(18)17-22)21(25)24-15-13-23(26,14-16-24)20-9-3-2-4-10-20/h2-10,26H,11-17H2,1H3/t22-/m1/s1. The summed E-state index contributed by atoms with van der Waals surface area (Å²) in [5.41, 5.74) is 2.53. The Morgan fingerprint density at radius 3 is 2.23 bits per heavy atom. The highest BCUT2D eigenvalue weighted by atomic mass is 16.3. The molecule has 3 heteroatoms. The number of hydrogen-bond acceptors (Lipinski definition) is 2. The van der Waals surface area contributed by atoms with Crippen molar-refractivity contribution >= 4 is 5.91 Å². The van der Waals surface area contributed by atoms with Gasteiger partial charge in [0.1, 0.15) is 0 Å². The molecule has 1 saturated heterocycles. The molecular formula is C23H27NO2. The number of nitrogens with zero attached hydrogens (tertiary/aromatic N) is 1. The molecule has 0 spiro atoms. The van der Waals surface area contributed by atoms with Gasteiger partial charge in [-0.3, -0.25) is 4.79 Å². The van der Waals surface area contributed by atoms with E-state index in [-0.39, 0.29) is 11.3 Å². The molecule has 0 saturated carbocycles. The van der Waals surface area contributed by atoms with E-state index in [4.69, 9.17) is 0 Å². The number of carbonyl (C=O) groups is 1. The number of fused-ring (bicyclic) bond motifs is 1. The number of benzene rings is 2. The summed E-state index contributed by atoms with van der Waals surface area (Å²) in [6.07, 6.45) is 3.91. The zero-order chi connectivity index (χ0) is 18.2. The Balaban J connectivity index is 1.46. The van der Waals surface area contributed by atoms with Crippen LogP contribution in [-0.4, -0.2) is 29.0 Å². The van der Waals surface area contributed by atoms with Gasteiger partial charge in [0.05, 0.1) is 11.0 Å². The van der Waals surface area contributed by atoms with Crippen LogP contribution in [0.4, 0.5) is 0 Å². The molecule has 0 unspecified atom stereocenters. The molecule has 1 atom stereocenters. The van der Waals surface area contributed by atoms with E-state index >= 15 is 0 Å². The van der Waals surface area contributed by atoms with E-state index in [2.05, 4.69) is 31.2 Å². The van der Waals surface area contributed by atoms with Gasteiger partial charge < -0.3 is 10.0 Å². The highest BCUT2D eigenvalue weighted by Crippen LogP contribution is 2.39. The molecular weight excluding hydrogens is 322 g/mol. The first kappa shape index (κ1) is 17.3. The minimum absolute atomic E-state index is 0.252. The van der Waals surface area contributed by atoms with Crippen LogP contribution in [0.2, 0.25) is 0 Å². The van der Waals surface area contributed by atoms with E-state index < -0.39 is 5.60 Å². The van der Waals surface area contributed by atoms with E-state index in [1.165, 1.54) is 11.1 Å². The average molecular weight is 349 g/mol. The van der Waals surface area contributed by atoms with Crippen molar-refractivity contribution in [2.75, 3.05) is 13.1 Å². The van der Waals surface area contributed by atoms with Gasteiger partial charge in [0.15, 0.2) is 0 Å². The summed E-state index contributed by atoms with van der Waals surface area (Å²) in [5, 5.41) is 11.0. The summed E-state index contributed by atoms with van der Waals surface area (Å²) in [6, 6.07) is 18.3. The Labute approximate surface area is 155 Å². The third-order valence-electron chi connectivity index (χ3n) is 6.35. The minimum atomic E-state index is -0.807. The molecule has 0 aromatic heterocycles. The molecule has 2 aromatic rings. The predicted octanol–water partition coefficient (Wildman–Crippen LogP) is 3.69. The number of aliphatic hydroxyl groups is 1. The summed E-state index contributed by atoms with van der Waals surface area (Å²) in [6.45, 7) is 3.37. The number of aryl methyl sites for hydroxylation is 1. The second kappa shape index (κ2) is 6.55. The highest BCUT2D eigenvalue weighted by Gasteiger charge is 2.42. The number of carbonyl (C=O) groups excluding carboxylic acids is 1. The lowest BCUT2D eigenvalue weighted by Crippen LogP contribution is -2.51. The first-order chi connectivity index (χ1) is 12.5. The maximum Gasteiger partial charge on any atom is 0.228 e. The molecule has 2 aromatic carbocycles. The van der Waals surface area contributed by atoms with Gasteiger partial charge in [-0.05, 0) is 48.8 Å². The third-order valence-corrected chi connectivity index (χ3v) is 6.35. The lowest BCUT2D eigenvalue weighted by molar-refractivity contribution is -0.146. The SMILES string of the molecule is C[C@@]1(C(=O)N2CCC(O)(c3ccccc3)CC2)CCc2ccccc2C1. The molecule has 136 valence electrons. The molecule has 26 heavy (non-hydrogen) atoms. The summed E-state index contributed by atoms with van der Waals surface area (Å²) >= 11 is 0. The maximum atomic E-state index is 13.3. The molecule has 2 aliphatic rings. The van der Waals surface area contributed by atoms with Crippen LogP contribution in [0, 0.1) is 5.41 Å². The molecule has 1 amide bonds. The number of piperidine rings is 1. The van der Waals surface area contributed by atoms with Gasteiger partial charge in [0.2, 0.25) is 5.91 Å². The van der Waals surface area contributed by atoms with Crippen LogP contribution in [-0.2, 0) is 23.2 Å². The zero-order valence-electron chi connectivity index (χ0n) is 15.4. The van der Waals surface area contributed by atoms with Crippen LogP contribution in [0.5, 0.6) is 0 Å². The number of amides is 1. The monoisotopic (exact) mass is 349 g/mol. The van der Waals surface area contributed by atoms with Gasteiger partial charge in [-0.15, -0.1) is 0 Å². The van der Waals surface area contributed by atoms with Crippen LogP contribution < -0.4 is 0 Å². The Morgan fingerprint density at radius 2 is 1.54 bits per heavy atom. The summed E-state index contributed by atoms with van der Waals surface area (Å²) in [5.74, 6) is 0.252. The normalized spacial score (nSPS) is 24.8. The Kier molecular flexibility index (Phi) is 4.36. The first-order valence-corrected chi connectivity index (χ1v) is 9.64. The van der Waals surface area contributed by atoms with Crippen LogP contribution in [0.3, 0.4) is 0 Å². The van der Waals surface area contributed by atoms with E-state index in [1.54, 1.807) is 0 Å². The van der Waals surface area contributed by atoms with Gasteiger partial charge in [-0.1, -0.05) is 61.5 Å². The van der Waals surface area contributed by atoms with Crippen LogP contribution in [0.1, 0.15) is 42.9 Å². The molecule has 1 N–H and O–H groups in total. The topological polar surface area (TPSA) is 40.5 Å². The fraction of sp³-hybridized carbons (Fsp3) is 0.435. The van der Waals surface area contributed by atoms with Crippen molar-refractivity contribution in [2.24, 2.45) is 5.41 Å². The van der Waals surface area contributed by atoms with Crippen molar-refractivity contribution in [3.8, 4) is 0 Å². The van der Waals surface area contributed by atoms with Crippen molar-refractivity contribution in [3.63, 3.8) is 0 Å². The Morgan fingerprint density at radius 1 is 0.923 bits per heavy atom. The van der Waals surface area contributed by atoms with Crippen LogP contribution in [0.15, 0.2) is 54.6 Å². The zero-order valence-corrected chi connectivity index (χ0v) is 15.4. The van der Waals surface area contributed by atoms with Crippen molar-refractivity contribution in [2.45, 2.75) is 44.6 Å². The molecule has 1 aliphatic carbocycles. The van der Waals surface area contributed by atoms with Gasteiger partial charge in [-0.2, -0.15) is 0 Å². The molecule has 4 rings (SSSR count). The summed E-state index contributed by atoms with van der Waals surface area (Å²) < 4.78 is 0. The first-order valence-electron chi connectivity index (χ1n) is 9.64. The van der Waals surface area contributed by atoms with E-state index in [1.807, 2.05) is 35.2 Å². The van der Waals surface area contributed by atoms with Crippen LogP contribution >= 0.6 is 0 Å².